The number of carbonyl (C=O) groups is 4. The van der Waals surface area contributed by atoms with Gasteiger partial charge in [-0.2, -0.15) is 0 Å². The summed E-state index contributed by atoms with van der Waals surface area (Å²) in [5.41, 5.74) is 1.82. The molecule has 1 aliphatic heterocycles. The zero-order valence-electron chi connectivity index (χ0n) is 16.9. The fourth-order valence-corrected chi connectivity index (χ4v) is 3.79. The number of amides is 2. The van der Waals surface area contributed by atoms with E-state index in [1.54, 1.807) is 0 Å². The van der Waals surface area contributed by atoms with E-state index in [1.165, 1.54) is 49.1 Å². The van der Waals surface area contributed by atoms with Gasteiger partial charge in [-0.25, -0.2) is 9.59 Å². The molecule has 2 aromatic rings. The van der Waals surface area contributed by atoms with Gasteiger partial charge in [-0.05, 0) is 29.2 Å². The number of hydrogen-bond acceptors (Lipinski definition) is 7. The molecule has 31 heavy (non-hydrogen) atoms. The molecule has 0 spiro atoms. The molecule has 0 saturated heterocycles. The molecule has 1 N–H and O–H groups in total. The number of hydrogen-bond donors (Lipinski definition) is 1. The highest BCUT2D eigenvalue weighted by Crippen LogP contribution is 2.28. The molecule has 1 heterocycles. The highest BCUT2D eigenvalue weighted by atomic mass is 32.2. The molecule has 0 radical (unpaired) electrons. The first-order valence-electron chi connectivity index (χ1n) is 9.22. The topological polar surface area (TPSA) is 102 Å². The van der Waals surface area contributed by atoms with Crippen LogP contribution in [0.25, 0.3) is 5.70 Å². The predicted octanol–water partition coefficient (Wildman–Crippen LogP) is 2.77. The van der Waals surface area contributed by atoms with E-state index in [0.29, 0.717) is 5.70 Å². The van der Waals surface area contributed by atoms with Crippen LogP contribution in [-0.2, 0) is 19.1 Å². The Morgan fingerprint density at radius 1 is 1.00 bits per heavy atom. The molecule has 2 aromatic carbocycles. The second-order valence-electron chi connectivity index (χ2n) is 6.49. The van der Waals surface area contributed by atoms with Crippen molar-refractivity contribution in [3.8, 4) is 0 Å². The van der Waals surface area contributed by atoms with Crippen molar-refractivity contribution < 1.29 is 28.7 Å². The molecule has 3 rings (SSSR count). The van der Waals surface area contributed by atoms with Crippen LogP contribution in [0.15, 0.2) is 53.9 Å². The maximum absolute atomic E-state index is 12.7. The Morgan fingerprint density at radius 3 is 2.19 bits per heavy atom. The first-order valence-corrected chi connectivity index (χ1v) is 10.3. The molecule has 0 aromatic heterocycles. The molecule has 9 heteroatoms. The van der Waals surface area contributed by atoms with E-state index in [1.807, 2.05) is 35.7 Å². The van der Waals surface area contributed by atoms with Crippen LogP contribution in [0.1, 0.15) is 26.3 Å². The number of nitrogens with one attached hydrogen (secondary N) is 1. The number of benzene rings is 2. The predicted molar refractivity (Wildman–Crippen MR) is 116 cm³/mol. The van der Waals surface area contributed by atoms with Gasteiger partial charge < -0.3 is 19.7 Å². The minimum absolute atomic E-state index is 0.0796. The lowest BCUT2D eigenvalue weighted by atomic mass is 10.1. The number of ether oxygens (including phenoxy) is 2. The molecule has 0 saturated carbocycles. The fraction of sp³-hybridized carbons (Fsp3) is 0.182. The van der Waals surface area contributed by atoms with Crippen LogP contribution in [-0.4, -0.2) is 55.2 Å². The van der Waals surface area contributed by atoms with Gasteiger partial charge in [-0.15, -0.1) is 11.8 Å². The lowest BCUT2D eigenvalue weighted by Gasteiger charge is -2.28. The Balaban J connectivity index is 1.83. The lowest BCUT2D eigenvalue weighted by Crippen LogP contribution is -2.39. The summed E-state index contributed by atoms with van der Waals surface area (Å²) in [6, 6.07) is 13.4. The summed E-state index contributed by atoms with van der Waals surface area (Å²) >= 11 is 1.37. The van der Waals surface area contributed by atoms with Crippen LogP contribution in [0.5, 0.6) is 0 Å². The van der Waals surface area contributed by atoms with Crippen molar-refractivity contribution in [2.75, 3.05) is 31.8 Å². The van der Waals surface area contributed by atoms with Gasteiger partial charge in [-0.3, -0.25) is 9.59 Å². The van der Waals surface area contributed by atoms with Gasteiger partial charge in [0.05, 0.1) is 36.8 Å². The average Bonchev–Trinajstić information content (AvgIpc) is 2.79. The quantitative estimate of drug-likeness (QED) is 0.689. The second kappa shape index (κ2) is 9.94. The van der Waals surface area contributed by atoms with Crippen molar-refractivity contribution >= 4 is 46.9 Å². The van der Waals surface area contributed by atoms with Crippen LogP contribution in [0.4, 0.5) is 5.69 Å². The number of anilines is 1. The van der Waals surface area contributed by atoms with Crippen molar-refractivity contribution in [1.29, 1.82) is 0 Å². The van der Waals surface area contributed by atoms with Crippen molar-refractivity contribution in [3.05, 3.63) is 70.6 Å². The number of methoxy groups -OCH3 is 2. The molecule has 0 bridgehead atoms. The summed E-state index contributed by atoms with van der Waals surface area (Å²) in [4.78, 5) is 50.5. The van der Waals surface area contributed by atoms with E-state index in [0.717, 1.165) is 5.56 Å². The summed E-state index contributed by atoms with van der Waals surface area (Å²) in [5.74, 6) is -1.79. The van der Waals surface area contributed by atoms with E-state index >= 15 is 0 Å². The molecule has 0 aliphatic carbocycles. The summed E-state index contributed by atoms with van der Waals surface area (Å²) in [6.45, 7) is -0.226. The maximum Gasteiger partial charge on any atom is 0.337 e. The van der Waals surface area contributed by atoms with E-state index in [2.05, 4.69) is 5.32 Å². The van der Waals surface area contributed by atoms with E-state index in [-0.39, 0.29) is 35.0 Å². The van der Waals surface area contributed by atoms with Gasteiger partial charge in [0.25, 0.3) is 0 Å². The SMILES string of the molecule is COC(=O)c1cc(NC(=O)CN2C(=O)CSC=C2c2ccccc2)cc(C(=O)OC)c1. The van der Waals surface area contributed by atoms with Gasteiger partial charge in [0.2, 0.25) is 11.8 Å². The Hall–Kier alpha value is -3.59. The number of rotatable bonds is 6. The van der Waals surface area contributed by atoms with Crippen molar-refractivity contribution in [2.45, 2.75) is 0 Å². The molecular weight excluding hydrogens is 420 g/mol. The Kier molecular flexibility index (Phi) is 7.09. The number of esters is 2. The third kappa shape index (κ3) is 5.32. The monoisotopic (exact) mass is 440 g/mol. The smallest absolute Gasteiger partial charge is 0.337 e. The third-order valence-electron chi connectivity index (χ3n) is 4.42. The van der Waals surface area contributed by atoms with Gasteiger partial charge in [0.15, 0.2) is 0 Å². The molecule has 8 nitrogen and oxygen atoms in total. The zero-order valence-corrected chi connectivity index (χ0v) is 17.7. The summed E-state index contributed by atoms with van der Waals surface area (Å²) < 4.78 is 9.39. The van der Waals surface area contributed by atoms with Gasteiger partial charge in [-0.1, -0.05) is 30.3 Å². The molecule has 0 unspecified atom stereocenters. The molecular formula is C22H20N2O6S. The van der Waals surface area contributed by atoms with Crippen molar-refractivity contribution in [3.63, 3.8) is 0 Å². The summed E-state index contributed by atoms with van der Waals surface area (Å²) in [7, 11) is 2.42. The van der Waals surface area contributed by atoms with E-state index < -0.39 is 17.8 Å². The van der Waals surface area contributed by atoms with Crippen LogP contribution >= 0.6 is 11.8 Å². The first kappa shape index (κ1) is 22.1. The standard InChI is InChI=1S/C22H20N2O6S/c1-29-21(27)15-8-16(22(28)30-2)10-17(9-15)23-19(25)11-24-18(12-31-13-20(24)26)14-6-4-3-5-7-14/h3-10,12H,11,13H2,1-2H3,(H,23,25). The van der Waals surface area contributed by atoms with Gasteiger partial charge in [0.1, 0.15) is 6.54 Å². The largest absolute Gasteiger partial charge is 0.465 e. The van der Waals surface area contributed by atoms with Gasteiger partial charge >= 0.3 is 11.9 Å². The van der Waals surface area contributed by atoms with Gasteiger partial charge in [0, 0.05) is 5.69 Å². The zero-order chi connectivity index (χ0) is 22.4. The van der Waals surface area contributed by atoms with E-state index in [4.69, 9.17) is 9.47 Å². The van der Waals surface area contributed by atoms with Crippen LogP contribution in [0.2, 0.25) is 0 Å². The third-order valence-corrected chi connectivity index (χ3v) is 5.23. The van der Waals surface area contributed by atoms with E-state index in [9.17, 15) is 19.2 Å². The van der Waals surface area contributed by atoms with Crippen molar-refractivity contribution in [2.24, 2.45) is 0 Å². The highest BCUT2D eigenvalue weighted by Gasteiger charge is 2.25. The Labute approximate surface area is 183 Å². The average molecular weight is 440 g/mol. The molecule has 0 fully saturated rings. The first-order chi connectivity index (χ1) is 14.9. The summed E-state index contributed by atoms with van der Waals surface area (Å²) in [6.07, 6.45) is 0. The van der Waals surface area contributed by atoms with Crippen LogP contribution in [0.3, 0.4) is 0 Å². The fourth-order valence-electron chi connectivity index (χ4n) is 2.99. The Bertz CT molecular complexity index is 1020. The number of thioether (sulfide) groups is 1. The molecule has 160 valence electrons. The Morgan fingerprint density at radius 2 is 1.61 bits per heavy atom. The van der Waals surface area contributed by atoms with Crippen LogP contribution < -0.4 is 5.32 Å². The number of nitrogens with zero attached hydrogens (tertiary/aromatic N) is 1. The van der Waals surface area contributed by atoms with Crippen molar-refractivity contribution in [1.82, 2.24) is 4.90 Å². The van der Waals surface area contributed by atoms with Crippen LogP contribution in [0, 0.1) is 0 Å². The summed E-state index contributed by atoms with van der Waals surface area (Å²) in [5, 5.41) is 4.48. The lowest BCUT2D eigenvalue weighted by molar-refractivity contribution is -0.129. The minimum atomic E-state index is -0.668. The normalized spacial score (nSPS) is 13.3. The minimum Gasteiger partial charge on any atom is -0.465 e. The second-order valence-corrected chi connectivity index (χ2v) is 7.35. The maximum atomic E-state index is 12.7. The highest BCUT2D eigenvalue weighted by molar-refractivity contribution is 8.03. The molecule has 1 aliphatic rings. The molecule has 0 atom stereocenters. The number of carbonyl (C=O) groups excluding carboxylic acids is 4. The molecule has 2 amide bonds.